The van der Waals surface area contributed by atoms with Gasteiger partial charge in [-0.1, -0.05) is 26.5 Å². The molecular weight excluding hydrogens is 598 g/mol. The SMILES string of the molecule is C=Cc1cc(C(=O)O)c(-c2ccc(C(=O)NCC3CC3)nc2C(=O)OCOC(=O)[C@H](CC(C)C)NC(=O)OC(C)(C)C)cc1OC. The monoisotopic (exact) mass is 639 g/mol. The number of carbonyl (C=O) groups is 5. The van der Waals surface area contributed by atoms with Crippen molar-refractivity contribution in [1.82, 2.24) is 15.6 Å². The lowest BCUT2D eigenvalue weighted by Crippen LogP contribution is -2.45. The second-order valence-corrected chi connectivity index (χ2v) is 12.2. The van der Waals surface area contributed by atoms with E-state index in [0.29, 0.717) is 18.0 Å². The van der Waals surface area contributed by atoms with Crippen molar-refractivity contribution in [3.63, 3.8) is 0 Å². The molecular formula is C33H41N3O10. The van der Waals surface area contributed by atoms with E-state index in [9.17, 15) is 29.1 Å². The molecule has 13 heteroatoms. The lowest BCUT2D eigenvalue weighted by Gasteiger charge is -2.23. The molecule has 0 bridgehead atoms. The third kappa shape index (κ3) is 10.0. The van der Waals surface area contributed by atoms with Crippen LogP contribution in [0.4, 0.5) is 4.79 Å². The number of rotatable bonds is 14. The van der Waals surface area contributed by atoms with Gasteiger partial charge in [0.25, 0.3) is 5.91 Å². The molecule has 1 aliphatic carbocycles. The van der Waals surface area contributed by atoms with E-state index in [1.54, 1.807) is 20.8 Å². The Labute approximate surface area is 267 Å². The topological polar surface area (TPSA) is 179 Å². The summed E-state index contributed by atoms with van der Waals surface area (Å²) < 4.78 is 21.0. The van der Waals surface area contributed by atoms with Crippen LogP contribution in [0.1, 0.15) is 90.8 Å². The Balaban J connectivity index is 1.90. The largest absolute Gasteiger partial charge is 0.496 e. The van der Waals surface area contributed by atoms with Crippen molar-refractivity contribution in [2.75, 3.05) is 20.4 Å². The Morgan fingerprint density at radius 3 is 2.35 bits per heavy atom. The van der Waals surface area contributed by atoms with Crippen LogP contribution in [-0.2, 0) is 19.0 Å². The Morgan fingerprint density at radius 1 is 1.09 bits per heavy atom. The molecule has 13 nitrogen and oxygen atoms in total. The van der Waals surface area contributed by atoms with E-state index < -0.39 is 54.0 Å². The number of nitrogens with one attached hydrogen (secondary N) is 2. The highest BCUT2D eigenvalue weighted by Gasteiger charge is 2.29. The number of benzene rings is 1. The summed E-state index contributed by atoms with van der Waals surface area (Å²) in [6, 6.07) is 4.42. The van der Waals surface area contributed by atoms with Crippen LogP contribution in [0.2, 0.25) is 0 Å². The molecule has 46 heavy (non-hydrogen) atoms. The van der Waals surface area contributed by atoms with Crippen molar-refractivity contribution in [2.45, 2.75) is 65.5 Å². The zero-order valence-corrected chi connectivity index (χ0v) is 26.9. The number of hydrogen-bond acceptors (Lipinski definition) is 10. The van der Waals surface area contributed by atoms with E-state index in [4.69, 9.17) is 18.9 Å². The van der Waals surface area contributed by atoms with E-state index in [-0.39, 0.29) is 40.5 Å². The zero-order chi connectivity index (χ0) is 34.2. The standard InChI is InChI=1S/C33H41N3O10/c1-8-20-14-23(29(38)39)22(15-26(20)43-7)21-11-12-24(28(37)34-16-19-9-10-19)35-27(21)31(41)45-17-44-30(40)25(13-18(2)3)36-32(42)46-33(4,5)6/h8,11-12,14-15,18-19,25H,1,9-10,13,16-17H2,2-7H3,(H,34,37)(H,36,42)(H,38,39)/t25-/m0/s1. The lowest BCUT2D eigenvalue weighted by molar-refractivity contribution is -0.155. The van der Waals surface area contributed by atoms with E-state index >= 15 is 0 Å². The number of nitrogens with zero attached hydrogens (tertiary/aromatic N) is 1. The third-order valence-corrected chi connectivity index (χ3v) is 6.75. The van der Waals surface area contributed by atoms with E-state index in [0.717, 1.165) is 12.8 Å². The Hall–Kier alpha value is -4.94. The number of methoxy groups -OCH3 is 1. The van der Waals surface area contributed by atoms with Gasteiger partial charge in [-0.2, -0.15) is 0 Å². The van der Waals surface area contributed by atoms with Gasteiger partial charge >= 0.3 is 24.0 Å². The number of carboxylic acids is 1. The van der Waals surface area contributed by atoms with Crippen molar-refractivity contribution in [3.05, 3.63) is 53.4 Å². The number of carboxylic acid groups (broad SMARTS) is 1. The molecule has 2 aromatic rings. The minimum absolute atomic E-state index is 0.0107. The Kier molecular flexibility index (Phi) is 11.9. The van der Waals surface area contributed by atoms with Crippen molar-refractivity contribution >= 4 is 36.0 Å². The van der Waals surface area contributed by atoms with Gasteiger partial charge in [-0.05, 0) is 76.1 Å². The summed E-state index contributed by atoms with van der Waals surface area (Å²) in [5.74, 6) is -3.13. The van der Waals surface area contributed by atoms with Crippen LogP contribution >= 0.6 is 0 Å². The van der Waals surface area contributed by atoms with Gasteiger partial charge in [0.1, 0.15) is 23.1 Å². The summed E-state index contributed by atoms with van der Waals surface area (Å²) in [6.45, 7) is 12.0. The van der Waals surface area contributed by atoms with Gasteiger partial charge in [-0.25, -0.2) is 24.2 Å². The Bertz CT molecular complexity index is 1490. The molecule has 2 amide bonds. The highest BCUT2D eigenvalue weighted by atomic mass is 16.7. The van der Waals surface area contributed by atoms with Crippen molar-refractivity contribution in [1.29, 1.82) is 0 Å². The second-order valence-electron chi connectivity index (χ2n) is 12.2. The fourth-order valence-corrected chi connectivity index (χ4v) is 4.39. The molecule has 3 N–H and O–H groups in total. The van der Waals surface area contributed by atoms with E-state index in [1.807, 2.05) is 13.8 Å². The van der Waals surface area contributed by atoms with Crippen LogP contribution in [0.15, 0.2) is 30.8 Å². The molecule has 0 unspecified atom stereocenters. The molecule has 1 heterocycles. The molecule has 3 rings (SSSR count). The van der Waals surface area contributed by atoms with Gasteiger partial charge in [-0.3, -0.25) is 4.79 Å². The lowest BCUT2D eigenvalue weighted by atomic mass is 9.95. The Morgan fingerprint density at radius 2 is 1.78 bits per heavy atom. The summed E-state index contributed by atoms with van der Waals surface area (Å²) >= 11 is 0. The zero-order valence-electron chi connectivity index (χ0n) is 26.9. The van der Waals surface area contributed by atoms with Gasteiger partial charge in [0.15, 0.2) is 5.69 Å². The maximum Gasteiger partial charge on any atom is 0.408 e. The number of amides is 2. The van der Waals surface area contributed by atoms with Gasteiger partial charge in [-0.15, -0.1) is 0 Å². The van der Waals surface area contributed by atoms with E-state index in [2.05, 4.69) is 22.2 Å². The normalized spacial score (nSPS) is 13.3. The van der Waals surface area contributed by atoms with Crippen LogP contribution in [-0.4, -0.2) is 72.1 Å². The first-order chi connectivity index (χ1) is 21.6. The molecule has 1 saturated carbocycles. The van der Waals surface area contributed by atoms with Gasteiger partial charge in [0.2, 0.25) is 6.79 Å². The predicted molar refractivity (Wildman–Crippen MR) is 167 cm³/mol. The number of alkyl carbamates (subject to hydrolysis) is 1. The second kappa shape index (κ2) is 15.4. The van der Waals surface area contributed by atoms with Crippen LogP contribution < -0.4 is 15.4 Å². The first kappa shape index (κ1) is 35.5. The fourth-order valence-electron chi connectivity index (χ4n) is 4.39. The van der Waals surface area contributed by atoms with Gasteiger partial charge < -0.3 is 34.7 Å². The smallest absolute Gasteiger partial charge is 0.408 e. The number of ether oxygens (including phenoxy) is 4. The molecule has 0 saturated heterocycles. The van der Waals surface area contributed by atoms with E-state index in [1.165, 1.54) is 37.5 Å². The minimum atomic E-state index is -1.30. The average Bonchev–Trinajstić information content (AvgIpc) is 3.81. The molecule has 0 radical (unpaired) electrons. The number of aromatic nitrogens is 1. The highest BCUT2D eigenvalue weighted by molar-refractivity contribution is 6.04. The first-order valence-corrected chi connectivity index (χ1v) is 14.8. The van der Waals surface area contributed by atoms with Gasteiger partial charge in [0, 0.05) is 23.2 Å². The van der Waals surface area contributed by atoms with Crippen molar-refractivity contribution in [3.8, 4) is 16.9 Å². The molecule has 1 aliphatic rings. The minimum Gasteiger partial charge on any atom is -0.496 e. The number of esters is 2. The highest BCUT2D eigenvalue weighted by Crippen LogP contribution is 2.34. The van der Waals surface area contributed by atoms with Crippen LogP contribution in [0.3, 0.4) is 0 Å². The number of pyridine rings is 1. The molecule has 1 aromatic heterocycles. The molecule has 1 atom stereocenters. The number of carbonyl (C=O) groups excluding carboxylic acids is 4. The van der Waals surface area contributed by atoms with Crippen LogP contribution in [0, 0.1) is 11.8 Å². The number of aromatic carboxylic acids is 1. The summed E-state index contributed by atoms with van der Waals surface area (Å²) in [6.07, 6.45) is 2.85. The maximum atomic E-state index is 13.4. The fraction of sp³-hybridized carbons (Fsp3) is 0.455. The maximum absolute atomic E-state index is 13.4. The van der Waals surface area contributed by atoms with Gasteiger partial charge in [0.05, 0.1) is 12.7 Å². The predicted octanol–water partition coefficient (Wildman–Crippen LogP) is 4.84. The van der Waals surface area contributed by atoms with Crippen LogP contribution in [0.5, 0.6) is 5.75 Å². The van der Waals surface area contributed by atoms with Crippen molar-refractivity contribution in [2.24, 2.45) is 11.8 Å². The number of hydrogen-bond donors (Lipinski definition) is 3. The average molecular weight is 640 g/mol. The summed E-state index contributed by atoms with van der Waals surface area (Å²) in [7, 11) is 1.39. The first-order valence-electron chi connectivity index (χ1n) is 14.8. The van der Waals surface area contributed by atoms with Crippen molar-refractivity contribution < 1.29 is 48.0 Å². The summed E-state index contributed by atoms with van der Waals surface area (Å²) in [5, 5.41) is 15.2. The molecule has 1 fully saturated rings. The summed E-state index contributed by atoms with van der Waals surface area (Å²) in [4.78, 5) is 67.9. The molecule has 0 aliphatic heterocycles. The quantitative estimate of drug-likeness (QED) is 0.190. The molecule has 248 valence electrons. The molecule has 0 spiro atoms. The van der Waals surface area contributed by atoms with Crippen LogP contribution in [0.25, 0.3) is 17.2 Å². The summed E-state index contributed by atoms with van der Waals surface area (Å²) in [5.41, 5.74) is -0.972. The third-order valence-electron chi connectivity index (χ3n) is 6.75. The molecule has 1 aromatic carbocycles.